The van der Waals surface area contributed by atoms with E-state index >= 15 is 0 Å². The molecular formula is C15H25NO2. The van der Waals surface area contributed by atoms with Crippen molar-refractivity contribution in [2.75, 3.05) is 6.61 Å². The Morgan fingerprint density at radius 2 is 1.72 bits per heavy atom. The maximum atomic E-state index is 11.3. The summed E-state index contributed by atoms with van der Waals surface area (Å²) in [6.07, 6.45) is 11.8. The lowest BCUT2D eigenvalue weighted by atomic mass is 10.1. The lowest BCUT2D eigenvalue weighted by molar-refractivity contribution is 0.300. The fourth-order valence-corrected chi connectivity index (χ4v) is 1.94. The number of hydrogen-bond donors (Lipinski definition) is 1. The molecule has 0 radical (unpaired) electrons. The molecule has 1 heterocycles. The minimum absolute atomic E-state index is 0.142. The zero-order valence-electron chi connectivity index (χ0n) is 11.4. The Bertz CT molecular complexity index is 360. The van der Waals surface area contributed by atoms with Crippen LogP contribution in [-0.4, -0.2) is 11.6 Å². The second-order valence-electron chi connectivity index (χ2n) is 4.69. The van der Waals surface area contributed by atoms with Crippen molar-refractivity contribution in [2.24, 2.45) is 0 Å². The van der Waals surface area contributed by atoms with Gasteiger partial charge in [-0.25, -0.2) is 0 Å². The van der Waals surface area contributed by atoms with Gasteiger partial charge < -0.3 is 9.72 Å². The molecule has 0 aromatic carbocycles. The van der Waals surface area contributed by atoms with E-state index in [0.29, 0.717) is 12.4 Å². The molecule has 0 saturated carbocycles. The fraction of sp³-hybridized carbons (Fsp3) is 0.667. The molecule has 0 amide bonds. The molecule has 0 atom stereocenters. The van der Waals surface area contributed by atoms with Crippen molar-refractivity contribution in [1.29, 1.82) is 0 Å². The zero-order chi connectivity index (χ0) is 13.1. The van der Waals surface area contributed by atoms with Crippen LogP contribution in [-0.2, 0) is 0 Å². The Labute approximate surface area is 110 Å². The van der Waals surface area contributed by atoms with Gasteiger partial charge in [-0.2, -0.15) is 0 Å². The molecule has 0 aliphatic heterocycles. The van der Waals surface area contributed by atoms with Crippen LogP contribution in [0.2, 0.25) is 0 Å². The molecule has 1 aromatic rings. The number of pyridine rings is 1. The first-order valence-electron chi connectivity index (χ1n) is 7.15. The van der Waals surface area contributed by atoms with Gasteiger partial charge in [-0.1, -0.05) is 51.9 Å². The molecule has 0 aliphatic carbocycles. The van der Waals surface area contributed by atoms with Crippen LogP contribution in [0.5, 0.6) is 5.75 Å². The van der Waals surface area contributed by atoms with Crippen molar-refractivity contribution >= 4 is 0 Å². The summed E-state index contributed by atoms with van der Waals surface area (Å²) in [5.74, 6) is 0.431. The lowest BCUT2D eigenvalue weighted by Crippen LogP contribution is -2.10. The molecule has 0 spiro atoms. The molecule has 18 heavy (non-hydrogen) atoms. The van der Waals surface area contributed by atoms with Gasteiger partial charge in [0, 0.05) is 6.20 Å². The quantitative estimate of drug-likeness (QED) is 0.641. The van der Waals surface area contributed by atoms with Crippen LogP contribution >= 0.6 is 0 Å². The van der Waals surface area contributed by atoms with E-state index in [0.717, 1.165) is 6.42 Å². The van der Waals surface area contributed by atoms with Crippen molar-refractivity contribution in [1.82, 2.24) is 4.98 Å². The first-order chi connectivity index (χ1) is 8.84. The SMILES string of the molecule is CCCCCCCCCCOc1ccc[nH]c1=O. The molecular weight excluding hydrogens is 226 g/mol. The topological polar surface area (TPSA) is 42.1 Å². The minimum atomic E-state index is -0.142. The van der Waals surface area contributed by atoms with Gasteiger partial charge in [0.05, 0.1) is 6.61 Å². The normalized spacial score (nSPS) is 10.5. The Morgan fingerprint density at radius 3 is 2.39 bits per heavy atom. The Hall–Kier alpha value is -1.25. The highest BCUT2D eigenvalue weighted by molar-refractivity contribution is 5.15. The van der Waals surface area contributed by atoms with Crippen molar-refractivity contribution in [2.45, 2.75) is 58.3 Å². The van der Waals surface area contributed by atoms with Crippen LogP contribution in [0, 0.1) is 0 Å². The first-order valence-corrected chi connectivity index (χ1v) is 7.15. The summed E-state index contributed by atoms with van der Waals surface area (Å²) in [7, 11) is 0. The van der Waals surface area contributed by atoms with E-state index < -0.39 is 0 Å². The van der Waals surface area contributed by atoms with E-state index in [2.05, 4.69) is 11.9 Å². The van der Waals surface area contributed by atoms with E-state index in [1.165, 1.54) is 44.9 Å². The average molecular weight is 251 g/mol. The van der Waals surface area contributed by atoms with Gasteiger partial charge in [0.1, 0.15) is 0 Å². The molecule has 1 aromatic heterocycles. The van der Waals surface area contributed by atoms with Gasteiger partial charge in [0.2, 0.25) is 0 Å². The van der Waals surface area contributed by atoms with E-state index in [1.54, 1.807) is 18.3 Å². The summed E-state index contributed by atoms with van der Waals surface area (Å²) in [6.45, 7) is 2.88. The summed E-state index contributed by atoms with van der Waals surface area (Å²) in [6, 6.07) is 3.49. The fourth-order valence-electron chi connectivity index (χ4n) is 1.94. The molecule has 0 fully saturated rings. The molecule has 1 N–H and O–H groups in total. The molecule has 3 heteroatoms. The Morgan fingerprint density at radius 1 is 1.06 bits per heavy atom. The summed E-state index contributed by atoms with van der Waals surface area (Å²) < 4.78 is 5.44. The second kappa shape index (κ2) is 9.75. The van der Waals surface area contributed by atoms with Crippen molar-refractivity contribution in [3.8, 4) is 5.75 Å². The monoisotopic (exact) mass is 251 g/mol. The maximum Gasteiger partial charge on any atom is 0.290 e. The third kappa shape index (κ3) is 6.48. The second-order valence-corrected chi connectivity index (χ2v) is 4.69. The van der Waals surface area contributed by atoms with Crippen molar-refractivity contribution in [3.05, 3.63) is 28.7 Å². The van der Waals surface area contributed by atoms with E-state index in [-0.39, 0.29) is 5.56 Å². The number of rotatable bonds is 10. The molecule has 0 saturated heterocycles. The van der Waals surface area contributed by atoms with Gasteiger partial charge >= 0.3 is 0 Å². The number of ether oxygens (including phenoxy) is 1. The number of hydrogen-bond acceptors (Lipinski definition) is 2. The largest absolute Gasteiger partial charge is 0.488 e. The van der Waals surface area contributed by atoms with Gasteiger partial charge in [0.25, 0.3) is 5.56 Å². The molecule has 0 bridgehead atoms. The first kappa shape index (κ1) is 14.8. The Kier molecular flexibility index (Phi) is 8.02. The summed E-state index contributed by atoms with van der Waals surface area (Å²) >= 11 is 0. The van der Waals surface area contributed by atoms with Crippen LogP contribution < -0.4 is 10.3 Å². The van der Waals surface area contributed by atoms with E-state index in [9.17, 15) is 4.79 Å². The van der Waals surface area contributed by atoms with Crippen LogP contribution in [0.3, 0.4) is 0 Å². The van der Waals surface area contributed by atoms with E-state index in [1.807, 2.05) is 0 Å². The lowest BCUT2D eigenvalue weighted by Gasteiger charge is -2.04. The van der Waals surface area contributed by atoms with Crippen molar-refractivity contribution in [3.63, 3.8) is 0 Å². The smallest absolute Gasteiger partial charge is 0.290 e. The molecule has 0 unspecified atom stereocenters. The highest BCUT2D eigenvalue weighted by Crippen LogP contribution is 2.09. The average Bonchev–Trinajstić information content (AvgIpc) is 2.39. The number of unbranched alkanes of at least 4 members (excludes halogenated alkanes) is 7. The van der Waals surface area contributed by atoms with Crippen LogP contribution in [0.15, 0.2) is 23.1 Å². The van der Waals surface area contributed by atoms with Crippen LogP contribution in [0.1, 0.15) is 58.3 Å². The highest BCUT2D eigenvalue weighted by Gasteiger charge is 1.98. The zero-order valence-corrected chi connectivity index (χ0v) is 11.4. The Balaban J connectivity index is 1.96. The van der Waals surface area contributed by atoms with Gasteiger partial charge in [-0.15, -0.1) is 0 Å². The molecule has 3 nitrogen and oxygen atoms in total. The van der Waals surface area contributed by atoms with Crippen LogP contribution in [0.25, 0.3) is 0 Å². The van der Waals surface area contributed by atoms with Gasteiger partial charge in [0.15, 0.2) is 5.75 Å². The summed E-state index contributed by atoms with van der Waals surface area (Å²) in [5.41, 5.74) is -0.142. The number of nitrogens with one attached hydrogen (secondary N) is 1. The predicted molar refractivity (Wildman–Crippen MR) is 75.2 cm³/mol. The van der Waals surface area contributed by atoms with E-state index in [4.69, 9.17) is 4.74 Å². The molecule has 0 aliphatic rings. The summed E-state index contributed by atoms with van der Waals surface area (Å²) in [4.78, 5) is 13.9. The van der Waals surface area contributed by atoms with Crippen molar-refractivity contribution < 1.29 is 4.74 Å². The number of aromatic amines is 1. The number of H-pyrrole nitrogens is 1. The number of aromatic nitrogens is 1. The maximum absolute atomic E-state index is 11.3. The minimum Gasteiger partial charge on any atom is -0.488 e. The van der Waals surface area contributed by atoms with Gasteiger partial charge in [-0.05, 0) is 18.6 Å². The van der Waals surface area contributed by atoms with Crippen LogP contribution in [0.4, 0.5) is 0 Å². The third-order valence-electron chi connectivity index (χ3n) is 3.04. The third-order valence-corrected chi connectivity index (χ3v) is 3.04. The predicted octanol–water partition coefficient (Wildman–Crippen LogP) is 3.89. The summed E-state index contributed by atoms with van der Waals surface area (Å²) in [5, 5.41) is 0. The standard InChI is InChI=1S/C15H25NO2/c1-2-3-4-5-6-7-8-9-13-18-14-11-10-12-16-15(14)17/h10-12H,2-9,13H2,1H3,(H,16,17). The van der Waals surface area contributed by atoms with Gasteiger partial charge in [-0.3, -0.25) is 4.79 Å². The molecule has 1 rings (SSSR count). The molecule has 102 valence electrons. The highest BCUT2D eigenvalue weighted by atomic mass is 16.5.